The third kappa shape index (κ3) is 3.11. The van der Waals surface area contributed by atoms with E-state index in [9.17, 15) is 13.2 Å². The average Bonchev–Trinajstić information content (AvgIpc) is 3.37. The number of sulfonamides is 1. The van der Waals surface area contributed by atoms with Crippen LogP contribution in [0.25, 0.3) is 10.8 Å². The third-order valence-corrected chi connectivity index (χ3v) is 9.24. The molecule has 1 aliphatic carbocycles. The molecule has 1 saturated heterocycles. The van der Waals surface area contributed by atoms with Crippen molar-refractivity contribution in [2.24, 2.45) is 4.99 Å². The first-order valence-corrected chi connectivity index (χ1v) is 12.8. The van der Waals surface area contributed by atoms with E-state index in [2.05, 4.69) is 4.99 Å². The Labute approximate surface area is 195 Å². The van der Waals surface area contributed by atoms with E-state index >= 15 is 0 Å². The molecule has 0 bridgehead atoms. The molecule has 2 atom stereocenters. The Morgan fingerprint density at radius 2 is 1.42 bits per heavy atom. The lowest BCUT2D eigenvalue weighted by Gasteiger charge is -2.25. The summed E-state index contributed by atoms with van der Waals surface area (Å²) in [6.07, 6.45) is 0. The zero-order valence-corrected chi connectivity index (χ0v) is 19.0. The standard InChI is InChI=1S/C26H18N2O3S2/c29-25(18-9-3-1-4-10-18)27-26-28(33(30,31)19-13-5-2-6-14-19)23-20-15-7-11-17-12-8-16-21(22(17)20)24(23)32-26/h1-16,23-24H/t23-,24+/m0/s1. The van der Waals surface area contributed by atoms with Gasteiger partial charge < -0.3 is 0 Å². The quantitative estimate of drug-likeness (QED) is 0.393. The van der Waals surface area contributed by atoms with Crippen LogP contribution in [0.15, 0.2) is 107 Å². The Morgan fingerprint density at radius 3 is 2.12 bits per heavy atom. The first kappa shape index (κ1) is 20.2. The van der Waals surface area contributed by atoms with Crippen LogP contribution in [0.1, 0.15) is 32.8 Å². The molecule has 0 spiro atoms. The van der Waals surface area contributed by atoms with Gasteiger partial charge in [-0.05, 0) is 46.2 Å². The van der Waals surface area contributed by atoms with Crippen LogP contribution in [-0.4, -0.2) is 23.8 Å². The fourth-order valence-corrected chi connectivity index (χ4v) is 7.95. The average molecular weight is 471 g/mol. The Balaban J connectivity index is 1.54. The molecule has 6 rings (SSSR count). The molecule has 2 aliphatic rings. The number of fused-ring (bicyclic) bond motifs is 3. The monoisotopic (exact) mass is 470 g/mol. The summed E-state index contributed by atoms with van der Waals surface area (Å²) in [7, 11) is -3.95. The van der Waals surface area contributed by atoms with Crippen molar-refractivity contribution in [1.29, 1.82) is 0 Å². The smallest absolute Gasteiger partial charge is 0.267 e. The van der Waals surface area contributed by atoms with Gasteiger partial charge in [0.1, 0.15) is 0 Å². The number of thioether (sulfide) groups is 1. The van der Waals surface area contributed by atoms with Gasteiger partial charge >= 0.3 is 0 Å². The van der Waals surface area contributed by atoms with Gasteiger partial charge in [0.25, 0.3) is 15.9 Å². The molecule has 1 amide bonds. The lowest BCUT2D eigenvalue weighted by molar-refractivity contribution is 0.100. The minimum atomic E-state index is -3.95. The van der Waals surface area contributed by atoms with Crippen molar-refractivity contribution < 1.29 is 13.2 Å². The topological polar surface area (TPSA) is 66.8 Å². The molecule has 4 aromatic rings. The number of amides is 1. The summed E-state index contributed by atoms with van der Waals surface area (Å²) < 4.78 is 29.1. The first-order valence-electron chi connectivity index (χ1n) is 10.5. The van der Waals surface area contributed by atoms with Gasteiger partial charge in [-0.25, -0.2) is 12.7 Å². The van der Waals surface area contributed by atoms with Crippen molar-refractivity contribution in [2.45, 2.75) is 16.2 Å². The van der Waals surface area contributed by atoms with Gasteiger partial charge in [-0.3, -0.25) is 4.79 Å². The molecule has 0 aromatic heterocycles. The maximum atomic E-state index is 13.9. The number of carbonyl (C=O) groups excluding carboxylic acids is 1. The highest BCUT2D eigenvalue weighted by molar-refractivity contribution is 8.15. The van der Waals surface area contributed by atoms with Crippen molar-refractivity contribution in [3.8, 4) is 0 Å². The molecule has 5 nitrogen and oxygen atoms in total. The zero-order valence-electron chi connectivity index (χ0n) is 17.3. The van der Waals surface area contributed by atoms with Crippen LogP contribution in [0.2, 0.25) is 0 Å². The van der Waals surface area contributed by atoms with E-state index < -0.39 is 22.0 Å². The molecular formula is C26H18N2O3S2. The van der Waals surface area contributed by atoms with Gasteiger partial charge in [-0.1, -0.05) is 84.6 Å². The van der Waals surface area contributed by atoms with Crippen LogP contribution in [0, 0.1) is 0 Å². The van der Waals surface area contributed by atoms with Crippen LogP contribution in [0.3, 0.4) is 0 Å². The minimum Gasteiger partial charge on any atom is -0.267 e. The minimum absolute atomic E-state index is 0.174. The normalized spacial score (nSPS) is 20.4. The summed E-state index contributed by atoms with van der Waals surface area (Å²) in [5.74, 6) is -0.460. The summed E-state index contributed by atoms with van der Waals surface area (Å²) >= 11 is 1.34. The Bertz CT molecular complexity index is 1530. The number of hydrogen-bond acceptors (Lipinski definition) is 4. The molecular weight excluding hydrogens is 452 g/mol. The van der Waals surface area contributed by atoms with Crippen LogP contribution in [-0.2, 0) is 10.0 Å². The largest absolute Gasteiger partial charge is 0.279 e. The van der Waals surface area contributed by atoms with Crippen molar-refractivity contribution in [3.63, 3.8) is 0 Å². The highest BCUT2D eigenvalue weighted by Gasteiger charge is 2.51. The Kier molecular flexibility index (Phi) is 4.64. The second kappa shape index (κ2) is 7.57. The molecule has 162 valence electrons. The number of nitrogens with zero attached hydrogens (tertiary/aromatic N) is 2. The van der Waals surface area contributed by atoms with Gasteiger partial charge in [0, 0.05) is 5.56 Å². The molecule has 7 heteroatoms. The Morgan fingerprint density at radius 1 is 0.788 bits per heavy atom. The van der Waals surface area contributed by atoms with E-state index in [1.54, 1.807) is 54.6 Å². The van der Waals surface area contributed by atoms with E-state index in [-0.39, 0.29) is 15.3 Å². The van der Waals surface area contributed by atoms with Crippen molar-refractivity contribution >= 4 is 43.6 Å². The van der Waals surface area contributed by atoms with Crippen LogP contribution in [0.5, 0.6) is 0 Å². The molecule has 4 aromatic carbocycles. The number of carbonyl (C=O) groups is 1. The third-order valence-electron chi connectivity index (χ3n) is 6.07. The van der Waals surface area contributed by atoms with Gasteiger partial charge in [0.2, 0.25) is 0 Å². The fourth-order valence-electron chi connectivity index (χ4n) is 4.64. The number of hydrogen-bond donors (Lipinski definition) is 0. The summed E-state index contributed by atoms with van der Waals surface area (Å²) in [5, 5.41) is 2.20. The SMILES string of the molecule is O=C(N=C1S[C@@H]2c3cccc4cccc(c34)[C@@H]2N1S(=O)(=O)c1ccccc1)c1ccccc1. The van der Waals surface area contributed by atoms with Gasteiger partial charge in [-0.2, -0.15) is 4.99 Å². The molecule has 1 heterocycles. The first-order chi connectivity index (χ1) is 16.1. The molecule has 33 heavy (non-hydrogen) atoms. The van der Waals surface area contributed by atoms with Gasteiger partial charge in [-0.15, -0.1) is 0 Å². The van der Waals surface area contributed by atoms with E-state index in [0.29, 0.717) is 5.56 Å². The highest BCUT2D eigenvalue weighted by Crippen LogP contribution is 2.60. The summed E-state index contributed by atoms with van der Waals surface area (Å²) in [5.41, 5.74) is 2.43. The summed E-state index contributed by atoms with van der Waals surface area (Å²) in [6, 6.07) is 28.6. The number of benzene rings is 4. The van der Waals surface area contributed by atoms with Crippen LogP contribution < -0.4 is 0 Å². The Hall–Kier alpha value is -3.42. The highest BCUT2D eigenvalue weighted by atomic mass is 32.2. The van der Waals surface area contributed by atoms with Crippen molar-refractivity contribution in [1.82, 2.24) is 4.31 Å². The summed E-state index contributed by atoms with van der Waals surface area (Å²) in [4.78, 5) is 17.4. The van der Waals surface area contributed by atoms with E-state index in [1.165, 1.54) is 16.1 Å². The molecule has 0 N–H and O–H groups in total. The molecule has 0 unspecified atom stereocenters. The lowest BCUT2D eigenvalue weighted by atomic mass is 10.0. The predicted molar refractivity (Wildman–Crippen MR) is 131 cm³/mol. The van der Waals surface area contributed by atoms with Gasteiger partial charge in [0.05, 0.1) is 16.2 Å². The molecule has 1 fully saturated rings. The second-order valence-electron chi connectivity index (χ2n) is 7.96. The number of rotatable bonds is 3. The van der Waals surface area contributed by atoms with Crippen molar-refractivity contribution in [3.05, 3.63) is 114 Å². The fraction of sp³-hybridized carbons (Fsp3) is 0.0769. The molecule has 1 aliphatic heterocycles. The summed E-state index contributed by atoms with van der Waals surface area (Å²) in [6.45, 7) is 0. The van der Waals surface area contributed by atoms with Crippen LogP contribution in [0.4, 0.5) is 0 Å². The van der Waals surface area contributed by atoms with E-state index in [1.807, 2.05) is 42.5 Å². The van der Waals surface area contributed by atoms with Crippen LogP contribution >= 0.6 is 11.8 Å². The second-order valence-corrected chi connectivity index (χ2v) is 10.9. The number of amidine groups is 1. The predicted octanol–water partition coefficient (Wildman–Crippen LogP) is 5.57. The number of aliphatic imine (C=N–C) groups is 1. The molecule has 0 saturated carbocycles. The molecule has 0 radical (unpaired) electrons. The maximum Gasteiger partial charge on any atom is 0.279 e. The van der Waals surface area contributed by atoms with E-state index in [0.717, 1.165) is 21.9 Å². The van der Waals surface area contributed by atoms with E-state index in [4.69, 9.17) is 0 Å². The maximum absolute atomic E-state index is 13.9. The zero-order chi connectivity index (χ0) is 22.6. The van der Waals surface area contributed by atoms with Gasteiger partial charge in [0.15, 0.2) is 5.17 Å². The van der Waals surface area contributed by atoms with Crippen molar-refractivity contribution in [2.75, 3.05) is 0 Å². The lowest BCUT2D eigenvalue weighted by Crippen LogP contribution is -2.34.